The molecule has 39 heavy (non-hydrogen) atoms. The second-order valence-electron chi connectivity index (χ2n) is 8.14. The summed E-state index contributed by atoms with van der Waals surface area (Å²) in [6, 6.07) is 18.7. The van der Waals surface area contributed by atoms with Gasteiger partial charge in [0.1, 0.15) is 0 Å². The van der Waals surface area contributed by atoms with E-state index in [1.807, 2.05) is 30.3 Å². The maximum absolute atomic E-state index is 13.5. The van der Waals surface area contributed by atoms with Crippen LogP contribution in [0.3, 0.4) is 0 Å². The highest BCUT2D eigenvalue weighted by molar-refractivity contribution is 8.18. The number of aliphatic imine (C=N–C) groups is 1. The van der Waals surface area contributed by atoms with E-state index in [1.54, 1.807) is 37.3 Å². The van der Waals surface area contributed by atoms with Gasteiger partial charge in [0.05, 0.1) is 39.4 Å². The molecule has 8 nitrogen and oxygen atoms in total. The third kappa shape index (κ3) is 7.20. The van der Waals surface area contributed by atoms with Crippen molar-refractivity contribution in [2.45, 2.75) is 13.5 Å². The first-order valence-corrected chi connectivity index (χ1v) is 13.3. The van der Waals surface area contributed by atoms with Gasteiger partial charge in [-0.25, -0.2) is 14.6 Å². The smallest absolute Gasteiger partial charge is 0.344 e. The van der Waals surface area contributed by atoms with Crippen LogP contribution in [-0.2, 0) is 20.9 Å². The number of nitrogens with zero attached hydrogens (tertiary/aromatic N) is 2. The molecule has 200 valence electrons. The molecule has 0 aromatic heterocycles. The number of carbonyl (C=O) groups excluding carboxylic acids is 2. The molecule has 1 saturated heterocycles. The number of hydrogen-bond acceptors (Lipinski definition) is 7. The minimum atomic E-state index is -1.03. The van der Waals surface area contributed by atoms with Crippen molar-refractivity contribution in [3.8, 4) is 5.75 Å². The van der Waals surface area contributed by atoms with E-state index in [9.17, 15) is 19.5 Å². The Labute approximate surface area is 238 Å². The number of esters is 1. The van der Waals surface area contributed by atoms with Gasteiger partial charge < -0.3 is 14.6 Å². The Morgan fingerprint density at radius 3 is 2.33 bits per heavy atom. The topological polar surface area (TPSA) is 106 Å². The largest absolute Gasteiger partial charge is 0.479 e. The molecular weight excluding hydrogens is 563 g/mol. The minimum absolute atomic E-state index is 0.136. The number of para-hydroxylation sites is 1. The van der Waals surface area contributed by atoms with E-state index in [2.05, 4.69) is 4.99 Å². The van der Waals surface area contributed by atoms with Crippen LogP contribution in [0.15, 0.2) is 76.6 Å². The molecule has 0 radical (unpaired) electrons. The normalized spacial score (nSPS) is 15.2. The molecule has 3 aromatic carbocycles. The predicted octanol–water partition coefficient (Wildman–Crippen LogP) is 6.44. The zero-order valence-electron chi connectivity index (χ0n) is 20.6. The lowest BCUT2D eigenvalue weighted by Crippen LogP contribution is -2.28. The monoisotopic (exact) mass is 584 g/mol. The molecule has 0 spiro atoms. The minimum Gasteiger partial charge on any atom is -0.479 e. The van der Waals surface area contributed by atoms with E-state index in [4.69, 9.17) is 32.7 Å². The Hall–Kier alpha value is -3.79. The lowest BCUT2D eigenvalue weighted by molar-refractivity contribution is -0.145. The van der Waals surface area contributed by atoms with E-state index in [0.717, 1.165) is 5.56 Å². The van der Waals surface area contributed by atoms with Gasteiger partial charge >= 0.3 is 11.9 Å². The number of carboxylic acids is 1. The maximum Gasteiger partial charge on any atom is 0.344 e. The second-order valence-corrected chi connectivity index (χ2v) is 9.96. The molecule has 1 N–H and O–H groups in total. The first kappa shape index (κ1) is 28.2. The number of carbonyl (C=O) groups is 3. The molecule has 0 saturated carbocycles. The fraction of sp³-hybridized carbons (Fsp3) is 0.143. The Bertz CT molecular complexity index is 1440. The first-order chi connectivity index (χ1) is 18.7. The molecule has 1 heterocycles. The number of aromatic carboxylic acids is 1. The quantitative estimate of drug-likeness (QED) is 0.228. The maximum atomic E-state index is 13.5. The lowest BCUT2D eigenvalue weighted by atomic mass is 10.1. The highest BCUT2D eigenvalue weighted by atomic mass is 35.5. The van der Waals surface area contributed by atoms with Crippen LogP contribution in [0.2, 0.25) is 10.0 Å². The highest BCUT2D eigenvalue weighted by Crippen LogP contribution is 2.38. The van der Waals surface area contributed by atoms with Gasteiger partial charge in [-0.2, -0.15) is 0 Å². The van der Waals surface area contributed by atoms with Crippen LogP contribution < -0.4 is 4.74 Å². The van der Waals surface area contributed by atoms with Gasteiger partial charge in [-0.05, 0) is 72.3 Å². The third-order valence-electron chi connectivity index (χ3n) is 5.37. The second kappa shape index (κ2) is 12.8. The number of hydrogen-bond donors (Lipinski definition) is 1. The van der Waals surface area contributed by atoms with E-state index in [-0.39, 0.29) is 47.0 Å². The van der Waals surface area contributed by atoms with Crippen LogP contribution in [-0.4, -0.2) is 46.2 Å². The number of halogens is 2. The van der Waals surface area contributed by atoms with Crippen molar-refractivity contribution in [3.05, 3.63) is 98.4 Å². The summed E-state index contributed by atoms with van der Waals surface area (Å²) in [7, 11) is 0. The molecule has 0 atom stereocenters. The molecule has 1 amide bonds. The summed E-state index contributed by atoms with van der Waals surface area (Å²) in [5.41, 5.74) is 2.12. The summed E-state index contributed by atoms with van der Waals surface area (Å²) >= 11 is 13.9. The van der Waals surface area contributed by atoms with Crippen molar-refractivity contribution < 1.29 is 29.0 Å². The Kier molecular flexibility index (Phi) is 9.29. The van der Waals surface area contributed by atoms with Crippen molar-refractivity contribution in [1.82, 2.24) is 4.90 Å². The van der Waals surface area contributed by atoms with Crippen molar-refractivity contribution in [2.75, 3.05) is 13.2 Å². The van der Waals surface area contributed by atoms with Gasteiger partial charge in [0.2, 0.25) is 0 Å². The number of carboxylic acid groups (broad SMARTS) is 1. The molecule has 1 aliphatic heterocycles. The number of thioether (sulfide) groups is 1. The summed E-state index contributed by atoms with van der Waals surface area (Å²) in [5.74, 6) is -1.73. The van der Waals surface area contributed by atoms with Crippen LogP contribution in [0.25, 0.3) is 6.08 Å². The Morgan fingerprint density at radius 2 is 1.72 bits per heavy atom. The summed E-state index contributed by atoms with van der Waals surface area (Å²) in [5, 5.41) is 9.98. The van der Waals surface area contributed by atoms with E-state index in [0.29, 0.717) is 21.3 Å². The summed E-state index contributed by atoms with van der Waals surface area (Å²) in [6.07, 6.45) is 1.65. The number of rotatable bonds is 9. The Balaban J connectivity index is 1.62. The van der Waals surface area contributed by atoms with Gasteiger partial charge in [-0.15, -0.1) is 0 Å². The predicted molar refractivity (Wildman–Crippen MR) is 152 cm³/mol. The van der Waals surface area contributed by atoms with Crippen LogP contribution in [0.5, 0.6) is 5.75 Å². The van der Waals surface area contributed by atoms with Crippen LogP contribution in [0, 0.1) is 0 Å². The molecule has 11 heteroatoms. The SMILES string of the molecule is CCOC(=O)COc1c(Cl)cc(/C=C2/SC(=Nc3ccccc3)N(Cc3ccc(C(=O)O)cc3)C2=O)cc1Cl. The van der Waals surface area contributed by atoms with Crippen LogP contribution in [0.1, 0.15) is 28.4 Å². The summed E-state index contributed by atoms with van der Waals surface area (Å²) < 4.78 is 10.3. The average Bonchev–Trinajstić information content (AvgIpc) is 3.18. The highest BCUT2D eigenvalue weighted by Gasteiger charge is 2.33. The number of benzene rings is 3. The van der Waals surface area contributed by atoms with Crippen molar-refractivity contribution >= 4 is 69.7 Å². The molecule has 0 aliphatic carbocycles. The number of amides is 1. The van der Waals surface area contributed by atoms with Crippen LogP contribution >= 0.6 is 35.0 Å². The molecule has 1 fully saturated rings. The molecule has 3 aromatic rings. The first-order valence-electron chi connectivity index (χ1n) is 11.7. The Morgan fingerprint density at radius 1 is 1.05 bits per heavy atom. The molecule has 4 rings (SSSR count). The fourth-order valence-corrected chi connectivity index (χ4v) is 5.18. The van der Waals surface area contributed by atoms with Gasteiger partial charge in [0.25, 0.3) is 5.91 Å². The zero-order valence-corrected chi connectivity index (χ0v) is 22.9. The van der Waals surface area contributed by atoms with Crippen molar-refractivity contribution in [2.24, 2.45) is 4.99 Å². The molecular formula is C28H22Cl2N2O6S. The number of ether oxygens (including phenoxy) is 2. The molecule has 0 bridgehead atoms. The molecule has 1 aliphatic rings. The van der Waals surface area contributed by atoms with Crippen molar-refractivity contribution in [3.63, 3.8) is 0 Å². The number of amidine groups is 1. The fourth-order valence-electron chi connectivity index (χ4n) is 3.56. The van der Waals surface area contributed by atoms with Gasteiger partial charge in [-0.3, -0.25) is 9.69 Å². The van der Waals surface area contributed by atoms with Gasteiger partial charge in [0.15, 0.2) is 17.5 Å². The standard InChI is InChI=1S/C28H22Cl2N2O6S/c1-2-37-24(33)16-38-25-21(29)12-18(13-22(25)30)14-23-26(34)32(15-17-8-10-19(11-9-17)27(35)36)28(39-23)31-20-6-4-3-5-7-20/h3-14H,2,15-16H2,1H3,(H,35,36)/b23-14+,31-28?. The van der Waals surface area contributed by atoms with E-state index in [1.165, 1.54) is 28.8 Å². The van der Waals surface area contributed by atoms with E-state index >= 15 is 0 Å². The van der Waals surface area contributed by atoms with E-state index < -0.39 is 11.9 Å². The average molecular weight is 585 g/mol. The van der Waals surface area contributed by atoms with Crippen molar-refractivity contribution in [1.29, 1.82) is 0 Å². The lowest BCUT2D eigenvalue weighted by Gasteiger charge is -2.16. The zero-order chi connectivity index (χ0) is 27.9. The van der Waals surface area contributed by atoms with Gasteiger partial charge in [-0.1, -0.05) is 53.5 Å². The third-order valence-corrected chi connectivity index (χ3v) is 6.94. The molecule has 0 unspecified atom stereocenters. The summed E-state index contributed by atoms with van der Waals surface area (Å²) in [6.45, 7) is 1.76. The van der Waals surface area contributed by atoms with Gasteiger partial charge in [0, 0.05) is 0 Å². The summed E-state index contributed by atoms with van der Waals surface area (Å²) in [4.78, 5) is 42.9. The van der Waals surface area contributed by atoms with Crippen LogP contribution in [0.4, 0.5) is 5.69 Å².